The van der Waals surface area contributed by atoms with E-state index in [1.54, 1.807) is 7.11 Å². The molecule has 1 aromatic carbocycles. The Hall–Kier alpha value is -1.39. The molecule has 0 aliphatic rings. The molecule has 0 saturated carbocycles. The summed E-state index contributed by atoms with van der Waals surface area (Å²) in [6, 6.07) is 7.96. The second-order valence-electron chi connectivity index (χ2n) is 3.66. The maximum atomic E-state index is 10.7. The normalized spacial score (nSPS) is 10.3. The van der Waals surface area contributed by atoms with Crippen molar-refractivity contribution >= 4 is 5.91 Å². The molecule has 3 N–H and O–H groups in total. The first-order chi connectivity index (χ1) is 7.72. The summed E-state index contributed by atoms with van der Waals surface area (Å²) in [6.45, 7) is 0.833. The molecule has 0 aliphatic carbocycles. The van der Waals surface area contributed by atoms with E-state index in [1.165, 1.54) is 5.56 Å². The van der Waals surface area contributed by atoms with Crippen LogP contribution in [0, 0.1) is 0 Å². The van der Waals surface area contributed by atoms with Crippen molar-refractivity contribution in [3.8, 4) is 0 Å². The Morgan fingerprint density at radius 1 is 1.31 bits per heavy atom. The van der Waals surface area contributed by atoms with Crippen LogP contribution in [-0.4, -0.2) is 19.6 Å². The minimum absolute atomic E-state index is 0.294. The minimum atomic E-state index is -0.294. The molecule has 4 nitrogen and oxygen atoms in total. The highest BCUT2D eigenvalue weighted by molar-refractivity contribution is 5.76. The van der Waals surface area contributed by atoms with Crippen molar-refractivity contribution in [2.75, 3.05) is 13.7 Å². The fourth-order valence-electron chi connectivity index (χ4n) is 1.49. The first-order valence-electron chi connectivity index (χ1n) is 5.34. The van der Waals surface area contributed by atoms with Crippen LogP contribution in [0.3, 0.4) is 0 Å². The molecule has 0 spiro atoms. The van der Waals surface area contributed by atoms with Gasteiger partial charge in [0.15, 0.2) is 0 Å². The molecule has 0 unspecified atom stereocenters. The highest BCUT2D eigenvalue weighted by Gasteiger charge is 1.98. The van der Waals surface area contributed by atoms with Crippen LogP contribution < -0.4 is 11.2 Å². The lowest BCUT2D eigenvalue weighted by molar-refractivity contribution is -0.117. The van der Waals surface area contributed by atoms with E-state index in [0.717, 1.165) is 24.9 Å². The molecule has 1 rings (SSSR count). The van der Waals surface area contributed by atoms with Gasteiger partial charge in [0.1, 0.15) is 0 Å². The number of hydrogen-bond donors (Lipinski definition) is 2. The van der Waals surface area contributed by atoms with Gasteiger partial charge in [0.2, 0.25) is 5.91 Å². The summed E-state index contributed by atoms with van der Waals surface area (Å²) in [5, 5.41) is 0. The summed E-state index contributed by atoms with van der Waals surface area (Å²) >= 11 is 0. The molecule has 0 aromatic heterocycles. The molecule has 1 aromatic rings. The van der Waals surface area contributed by atoms with Gasteiger partial charge >= 0.3 is 0 Å². The van der Waals surface area contributed by atoms with Crippen molar-refractivity contribution in [2.45, 2.75) is 19.3 Å². The monoisotopic (exact) mass is 222 g/mol. The molecule has 16 heavy (non-hydrogen) atoms. The molecule has 88 valence electrons. The average Bonchev–Trinajstić information content (AvgIpc) is 2.26. The fourth-order valence-corrected chi connectivity index (χ4v) is 1.49. The van der Waals surface area contributed by atoms with Crippen LogP contribution in [0.2, 0.25) is 0 Å². The molecular weight excluding hydrogens is 204 g/mol. The van der Waals surface area contributed by atoms with Gasteiger partial charge in [0.05, 0.1) is 13.5 Å². The van der Waals surface area contributed by atoms with Crippen molar-refractivity contribution in [1.29, 1.82) is 0 Å². The first-order valence-corrected chi connectivity index (χ1v) is 5.34. The topological polar surface area (TPSA) is 64.3 Å². The third-order valence-electron chi connectivity index (χ3n) is 2.29. The Morgan fingerprint density at radius 2 is 1.94 bits per heavy atom. The number of primary amides is 1. The zero-order valence-corrected chi connectivity index (χ0v) is 9.53. The second kappa shape index (κ2) is 6.98. The molecular formula is C12H18N2O2. The minimum Gasteiger partial charge on any atom is -0.369 e. The van der Waals surface area contributed by atoms with Gasteiger partial charge < -0.3 is 10.6 Å². The summed E-state index contributed by atoms with van der Waals surface area (Å²) in [7, 11) is 1.61. The highest BCUT2D eigenvalue weighted by atomic mass is 16.6. The number of carbonyl (C=O) groups is 1. The van der Waals surface area contributed by atoms with E-state index >= 15 is 0 Å². The lowest BCUT2D eigenvalue weighted by Crippen LogP contribution is -2.14. The van der Waals surface area contributed by atoms with Crippen molar-refractivity contribution in [3.05, 3.63) is 35.4 Å². The van der Waals surface area contributed by atoms with Gasteiger partial charge in [-0.2, -0.15) is 0 Å². The maximum Gasteiger partial charge on any atom is 0.221 e. The Bertz CT molecular complexity index is 322. The van der Waals surface area contributed by atoms with Crippen LogP contribution in [0.15, 0.2) is 24.3 Å². The first kappa shape index (κ1) is 12.7. The largest absolute Gasteiger partial charge is 0.369 e. The molecule has 0 bridgehead atoms. The van der Waals surface area contributed by atoms with Crippen LogP contribution in [0.25, 0.3) is 0 Å². The van der Waals surface area contributed by atoms with E-state index in [2.05, 4.69) is 5.48 Å². The lowest BCUT2D eigenvalue weighted by Gasteiger charge is -2.03. The predicted molar refractivity (Wildman–Crippen MR) is 62.7 cm³/mol. The summed E-state index contributed by atoms with van der Waals surface area (Å²) in [4.78, 5) is 15.4. The van der Waals surface area contributed by atoms with Gasteiger partial charge in [0, 0.05) is 6.54 Å². The Kier molecular flexibility index (Phi) is 5.53. The smallest absolute Gasteiger partial charge is 0.221 e. The number of rotatable bonds is 7. The zero-order chi connectivity index (χ0) is 11.8. The molecule has 1 amide bonds. The summed E-state index contributed by atoms with van der Waals surface area (Å²) < 4.78 is 0. The van der Waals surface area contributed by atoms with Gasteiger partial charge in [0.25, 0.3) is 0 Å². The zero-order valence-electron chi connectivity index (χ0n) is 9.53. The number of aryl methyl sites for hydroxylation is 1. The maximum absolute atomic E-state index is 10.7. The van der Waals surface area contributed by atoms with E-state index < -0.39 is 0 Å². The van der Waals surface area contributed by atoms with E-state index in [0.29, 0.717) is 6.42 Å². The third-order valence-corrected chi connectivity index (χ3v) is 2.29. The number of hydrogen-bond acceptors (Lipinski definition) is 3. The van der Waals surface area contributed by atoms with Crippen LogP contribution >= 0.6 is 0 Å². The van der Waals surface area contributed by atoms with Gasteiger partial charge in [-0.3, -0.25) is 4.79 Å². The Morgan fingerprint density at radius 3 is 2.50 bits per heavy atom. The molecule has 4 heteroatoms. The van der Waals surface area contributed by atoms with Crippen LogP contribution in [0.1, 0.15) is 17.5 Å². The quantitative estimate of drug-likeness (QED) is 0.530. The standard InChI is InChI=1S/C12H18N2O2/c1-16-14-8-2-3-10-4-6-11(7-5-10)9-12(13)15/h4-7,14H,2-3,8-9H2,1H3,(H2,13,15). The van der Waals surface area contributed by atoms with Gasteiger partial charge in [-0.1, -0.05) is 24.3 Å². The SMILES string of the molecule is CONCCCc1ccc(CC(N)=O)cc1. The molecule has 0 heterocycles. The molecule has 0 radical (unpaired) electrons. The predicted octanol–water partition coefficient (Wildman–Crippen LogP) is 0.798. The number of benzene rings is 1. The summed E-state index contributed by atoms with van der Waals surface area (Å²) in [5.41, 5.74) is 10.1. The van der Waals surface area contributed by atoms with Gasteiger partial charge in [-0.05, 0) is 24.0 Å². The van der Waals surface area contributed by atoms with Crippen LogP contribution in [0.4, 0.5) is 0 Å². The third kappa shape index (κ3) is 4.91. The van der Waals surface area contributed by atoms with Crippen LogP contribution in [0.5, 0.6) is 0 Å². The van der Waals surface area contributed by atoms with Crippen LogP contribution in [-0.2, 0) is 22.5 Å². The summed E-state index contributed by atoms with van der Waals surface area (Å²) in [6.07, 6.45) is 2.32. The molecule has 0 aliphatic heterocycles. The molecule has 0 fully saturated rings. The number of carbonyl (C=O) groups excluding carboxylic acids is 1. The van der Waals surface area contributed by atoms with E-state index in [9.17, 15) is 4.79 Å². The number of nitrogens with one attached hydrogen (secondary N) is 1. The lowest BCUT2D eigenvalue weighted by atomic mass is 10.1. The molecule has 0 atom stereocenters. The highest BCUT2D eigenvalue weighted by Crippen LogP contribution is 2.07. The number of nitrogens with two attached hydrogens (primary N) is 1. The summed E-state index contributed by atoms with van der Waals surface area (Å²) in [5.74, 6) is -0.294. The Labute approximate surface area is 95.7 Å². The van der Waals surface area contributed by atoms with Gasteiger partial charge in [-0.25, -0.2) is 5.48 Å². The van der Waals surface area contributed by atoms with Crippen molar-refractivity contribution < 1.29 is 9.63 Å². The van der Waals surface area contributed by atoms with Gasteiger partial charge in [-0.15, -0.1) is 0 Å². The Balaban J connectivity index is 2.36. The van der Waals surface area contributed by atoms with E-state index in [1.807, 2.05) is 24.3 Å². The average molecular weight is 222 g/mol. The fraction of sp³-hybridized carbons (Fsp3) is 0.417. The number of amides is 1. The second-order valence-corrected chi connectivity index (χ2v) is 3.66. The van der Waals surface area contributed by atoms with E-state index in [4.69, 9.17) is 10.6 Å². The van der Waals surface area contributed by atoms with Crippen molar-refractivity contribution in [1.82, 2.24) is 5.48 Å². The van der Waals surface area contributed by atoms with E-state index in [-0.39, 0.29) is 5.91 Å². The van der Waals surface area contributed by atoms with Crippen molar-refractivity contribution in [3.63, 3.8) is 0 Å². The number of hydroxylamine groups is 1. The molecule has 0 saturated heterocycles. The van der Waals surface area contributed by atoms with Crippen molar-refractivity contribution in [2.24, 2.45) is 5.73 Å².